The molecule has 0 aromatic heterocycles. The van der Waals surface area contributed by atoms with Crippen molar-refractivity contribution < 1.29 is 19.4 Å². The molecule has 1 unspecified atom stereocenters. The normalized spacial score (nSPS) is 12.2. The molecule has 0 heterocycles. The lowest BCUT2D eigenvalue weighted by Crippen LogP contribution is -2.27. The Bertz CT molecular complexity index is 566. The van der Waals surface area contributed by atoms with Crippen LogP contribution in [0.3, 0.4) is 0 Å². The molecule has 0 aliphatic rings. The van der Waals surface area contributed by atoms with Gasteiger partial charge in [0.15, 0.2) is 0 Å². The number of aliphatic hydroxyl groups excluding tert-OH is 1. The van der Waals surface area contributed by atoms with Gasteiger partial charge < -0.3 is 14.6 Å². The fraction of sp³-hybridized carbons (Fsp3) is 0.976. The molecule has 0 aromatic rings. The highest BCUT2D eigenvalue weighted by molar-refractivity contribution is 5.69. The second kappa shape index (κ2) is 40.6. The Hall–Kier alpha value is -0.610. The Morgan fingerprint density at radius 1 is 0.435 bits per heavy atom. The van der Waals surface area contributed by atoms with Gasteiger partial charge in [0, 0.05) is 13.0 Å². The van der Waals surface area contributed by atoms with E-state index in [1.165, 1.54) is 199 Å². The van der Waals surface area contributed by atoms with Crippen LogP contribution in [0.15, 0.2) is 0 Å². The molecule has 1 atom stereocenters. The molecule has 0 saturated carbocycles. The molecule has 1 N–H and O–H groups in total. The average molecular weight is 653 g/mol. The van der Waals surface area contributed by atoms with Crippen molar-refractivity contribution in [1.29, 1.82) is 0 Å². The Morgan fingerprint density at radius 3 is 1.02 bits per heavy atom. The third kappa shape index (κ3) is 37.8. The number of hydrogen-bond donors (Lipinski definition) is 1. The van der Waals surface area contributed by atoms with Gasteiger partial charge in [-0.3, -0.25) is 4.79 Å². The van der Waals surface area contributed by atoms with E-state index in [-0.39, 0.29) is 12.6 Å². The van der Waals surface area contributed by atoms with Crippen LogP contribution < -0.4 is 0 Å². The highest BCUT2D eigenvalue weighted by Gasteiger charge is 2.13. The van der Waals surface area contributed by atoms with Gasteiger partial charge in [-0.1, -0.05) is 219 Å². The van der Waals surface area contributed by atoms with Crippen LogP contribution in [0.2, 0.25) is 0 Å². The smallest absolute Gasteiger partial charge is 0.306 e. The van der Waals surface area contributed by atoms with Crippen molar-refractivity contribution in [2.24, 2.45) is 0 Å². The number of ether oxygens (including phenoxy) is 2. The molecular weight excluding hydrogens is 568 g/mol. The van der Waals surface area contributed by atoms with Crippen LogP contribution in [0.25, 0.3) is 0 Å². The summed E-state index contributed by atoms with van der Waals surface area (Å²) >= 11 is 0. The van der Waals surface area contributed by atoms with E-state index in [1.807, 2.05) is 0 Å². The molecule has 0 rings (SSSR count). The first-order valence-corrected chi connectivity index (χ1v) is 21.1. The largest absolute Gasteiger partial charge is 0.457 e. The van der Waals surface area contributed by atoms with Crippen LogP contribution in [-0.4, -0.2) is 37.0 Å². The highest BCUT2D eigenvalue weighted by Crippen LogP contribution is 2.16. The van der Waals surface area contributed by atoms with Crippen LogP contribution in [0.1, 0.15) is 239 Å². The summed E-state index contributed by atoms with van der Waals surface area (Å²) < 4.78 is 11.1. The minimum Gasteiger partial charge on any atom is -0.457 e. The third-order valence-electron chi connectivity index (χ3n) is 9.68. The number of hydrogen-bond acceptors (Lipinski definition) is 4. The van der Waals surface area contributed by atoms with E-state index in [4.69, 9.17) is 9.47 Å². The fourth-order valence-electron chi connectivity index (χ4n) is 6.51. The molecule has 0 amide bonds. The van der Waals surface area contributed by atoms with E-state index < -0.39 is 6.10 Å². The Labute approximate surface area is 289 Å². The van der Waals surface area contributed by atoms with Gasteiger partial charge in [-0.05, 0) is 12.8 Å². The first kappa shape index (κ1) is 45.4. The zero-order chi connectivity index (χ0) is 33.4. The minimum absolute atomic E-state index is 0.164. The van der Waals surface area contributed by atoms with E-state index >= 15 is 0 Å². The van der Waals surface area contributed by atoms with Crippen LogP contribution >= 0.6 is 0 Å². The summed E-state index contributed by atoms with van der Waals surface area (Å²) in [5, 5.41) is 9.53. The van der Waals surface area contributed by atoms with Crippen LogP contribution in [0, 0.1) is 0 Å². The van der Waals surface area contributed by atoms with Gasteiger partial charge >= 0.3 is 5.97 Å². The number of unbranched alkanes of at least 4 members (excludes halogenated alkanes) is 32. The molecule has 4 heteroatoms. The molecule has 46 heavy (non-hydrogen) atoms. The maximum atomic E-state index is 12.1. The first-order valence-electron chi connectivity index (χ1n) is 21.1. The number of aliphatic hydroxyl groups is 1. The second-order valence-electron chi connectivity index (χ2n) is 14.4. The van der Waals surface area contributed by atoms with Crippen LogP contribution in [0.4, 0.5) is 0 Å². The zero-order valence-electron chi connectivity index (χ0n) is 31.6. The maximum Gasteiger partial charge on any atom is 0.306 e. The summed E-state index contributed by atoms with van der Waals surface area (Å²) in [6, 6.07) is 0. The summed E-state index contributed by atoms with van der Waals surface area (Å²) in [6.45, 7) is 5.36. The predicted octanol–water partition coefficient (Wildman–Crippen LogP) is 13.6. The van der Waals surface area contributed by atoms with E-state index in [0.717, 1.165) is 19.3 Å². The minimum atomic E-state index is -0.523. The zero-order valence-corrected chi connectivity index (χ0v) is 31.6. The van der Waals surface area contributed by atoms with E-state index in [1.54, 1.807) is 0 Å². The van der Waals surface area contributed by atoms with Gasteiger partial charge in [-0.25, -0.2) is 0 Å². The van der Waals surface area contributed by atoms with Gasteiger partial charge in [0.05, 0.1) is 13.2 Å². The van der Waals surface area contributed by atoms with Crippen LogP contribution in [-0.2, 0) is 14.3 Å². The topological polar surface area (TPSA) is 55.8 Å². The van der Waals surface area contributed by atoms with Crippen molar-refractivity contribution in [3.8, 4) is 0 Å². The van der Waals surface area contributed by atoms with E-state index in [9.17, 15) is 9.90 Å². The number of rotatable bonds is 40. The monoisotopic (exact) mass is 653 g/mol. The van der Waals surface area contributed by atoms with Crippen molar-refractivity contribution in [1.82, 2.24) is 0 Å². The van der Waals surface area contributed by atoms with Gasteiger partial charge in [0.1, 0.15) is 6.10 Å². The Morgan fingerprint density at radius 2 is 0.717 bits per heavy atom. The molecule has 0 saturated heterocycles. The number of carbonyl (C=O) groups is 1. The molecule has 276 valence electrons. The lowest BCUT2D eigenvalue weighted by Gasteiger charge is -2.16. The van der Waals surface area contributed by atoms with Gasteiger partial charge in [-0.15, -0.1) is 0 Å². The summed E-state index contributed by atoms with van der Waals surface area (Å²) in [5.41, 5.74) is 0. The molecule has 0 fully saturated rings. The molecule has 0 aliphatic carbocycles. The molecule has 0 bridgehead atoms. The molecule has 0 spiro atoms. The lowest BCUT2D eigenvalue weighted by atomic mass is 10.0. The first-order chi connectivity index (χ1) is 22.7. The van der Waals surface area contributed by atoms with E-state index in [2.05, 4.69) is 13.8 Å². The van der Waals surface area contributed by atoms with Crippen molar-refractivity contribution in [2.75, 3.05) is 19.8 Å². The lowest BCUT2D eigenvalue weighted by molar-refractivity contribution is -0.154. The predicted molar refractivity (Wildman–Crippen MR) is 201 cm³/mol. The summed E-state index contributed by atoms with van der Waals surface area (Å²) in [6.07, 6.45) is 46.1. The average Bonchev–Trinajstić information content (AvgIpc) is 3.06. The van der Waals surface area contributed by atoms with E-state index in [0.29, 0.717) is 19.6 Å². The van der Waals surface area contributed by atoms with Crippen molar-refractivity contribution in [2.45, 2.75) is 245 Å². The van der Waals surface area contributed by atoms with Crippen molar-refractivity contribution in [3.05, 3.63) is 0 Å². The molecule has 4 nitrogen and oxygen atoms in total. The van der Waals surface area contributed by atoms with Gasteiger partial charge in [-0.2, -0.15) is 0 Å². The summed E-state index contributed by atoms with van der Waals surface area (Å²) in [7, 11) is 0. The Balaban J connectivity index is 3.27. The summed E-state index contributed by atoms with van der Waals surface area (Å²) in [4.78, 5) is 12.1. The SMILES string of the molecule is CCCCCCCCCCCCCCCCCCCCCCCCCCCCOCC(CO)OC(=O)CCCCCCCCCC. The number of esters is 1. The molecule has 0 radical (unpaired) electrons. The maximum absolute atomic E-state index is 12.1. The quantitative estimate of drug-likeness (QED) is 0.0528. The summed E-state index contributed by atoms with van der Waals surface area (Å²) in [5.74, 6) is -0.200. The van der Waals surface area contributed by atoms with Crippen molar-refractivity contribution in [3.63, 3.8) is 0 Å². The third-order valence-corrected chi connectivity index (χ3v) is 9.68. The second-order valence-corrected chi connectivity index (χ2v) is 14.4. The van der Waals surface area contributed by atoms with Crippen molar-refractivity contribution >= 4 is 5.97 Å². The molecule has 0 aliphatic heterocycles. The van der Waals surface area contributed by atoms with Gasteiger partial charge in [0.2, 0.25) is 0 Å². The number of carbonyl (C=O) groups excluding carboxylic acids is 1. The van der Waals surface area contributed by atoms with Gasteiger partial charge in [0.25, 0.3) is 0 Å². The highest BCUT2D eigenvalue weighted by atomic mass is 16.6. The molecule has 0 aromatic carbocycles. The van der Waals surface area contributed by atoms with Crippen LogP contribution in [0.5, 0.6) is 0 Å². The standard InChI is InChI=1S/C42H84O4/c1-3-5-7-9-11-13-14-15-16-17-18-19-20-21-22-23-24-25-26-27-28-29-30-32-34-36-38-45-40-41(39-43)46-42(44)37-35-33-31-12-10-8-6-4-2/h41,43H,3-40H2,1-2H3. The molecular formula is C42H84O4. The fourth-order valence-corrected chi connectivity index (χ4v) is 6.51. The Kier molecular flexibility index (Phi) is 40.0.